The van der Waals surface area contributed by atoms with Crippen LogP contribution in [0.2, 0.25) is 0 Å². The van der Waals surface area contributed by atoms with E-state index in [1.165, 1.54) is 5.56 Å². The van der Waals surface area contributed by atoms with Gasteiger partial charge in [-0.1, -0.05) is 69.8 Å². The predicted molar refractivity (Wildman–Crippen MR) is 151 cm³/mol. The highest BCUT2D eigenvalue weighted by molar-refractivity contribution is 7.99. The third-order valence-corrected chi connectivity index (χ3v) is 8.05. The summed E-state index contributed by atoms with van der Waals surface area (Å²) in [5.74, 6) is 3.07. The van der Waals surface area contributed by atoms with Crippen LogP contribution in [0.15, 0.2) is 58.9 Å². The first-order valence-electron chi connectivity index (χ1n) is 13.3. The molecule has 1 aliphatic carbocycles. The highest BCUT2D eigenvalue weighted by Crippen LogP contribution is 2.42. The van der Waals surface area contributed by atoms with Crippen LogP contribution >= 0.6 is 11.8 Å². The molecule has 8 heteroatoms. The fourth-order valence-corrected chi connectivity index (χ4v) is 5.62. The van der Waals surface area contributed by atoms with Gasteiger partial charge in [0.05, 0.1) is 7.11 Å². The van der Waals surface area contributed by atoms with Gasteiger partial charge in [-0.3, -0.25) is 4.79 Å². The van der Waals surface area contributed by atoms with E-state index in [9.17, 15) is 4.79 Å². The maximum Gasteiger partial charge on any atom is 0.227 e. The van der Waals surface area contributed by atoms with Crippen molar-refractivity contribution in [3.63, 3.8) is 0 Å². The Morgan fingerprint density at radius 2 is 1.89 bits per heavy atom. The summed E-state index contributed by atoms with van der Waals surface area (Å²) in [6, 6.07) is 14.1. The van der Waals surface area contributed by atoms with E-state index >= 15 is 0 Å². The summed E-state index contributed by atoms with van der Waals surface area (Å²) in [6.07, 6.45) is 3.26. The zero-order valence-electron chi connectivity index (χ0n) is 22.8. The molecule has 0 saturated heterocycles. The van der Waals surface area contributed by atoms with Crippen molar-refractivity contribution in [3.05, 3.63) is 70.4 Å². The van der Waals surface area contributed by atoms with Gasteiger partial charge in [0.2, 0.25) is 11.1 Å². The molecule has 38 heavy (non-hydrogen) atoms. The van der Waals surface area contributed by atoms with Crippen LogP contribution in [0, 0.1) is 0 Å². The van der Waals surface area contributed by atoms with Crippen LogP contribution in [0.5, 0.6) is 11.5 Å². The van der Waals surface area contributed by atoms with Gasteiger partial charge >= 0.3 is 0 Å². The van der Waals surface area contributed by atoms with Crippen molar-refractivity contribution >= 4 is 23.5 Å². The first-order chi connectivity index (χ1) is 18.3. The van der Waals surface area contributed by atoms with Gasteiger partial charge in [0, 0.05) is 23.4 Å². The van der Waals surface area contributed by atoms with Crippen LogP contribution in [0.25, 0.3) is 0 Å². The molecule has 1 unspecified atom stereocenters. The number of carbonyl (C=O) groups is 1. The Balaban J connectivity index is 1.44. The van der Waals surface area contributed by atoms with Crippen molar-refractivity contribution in [3.8, 4) is 11.5 Å². The van der Waals surface area contributed by atoms with Crippen LogP contribution in [0.3, 0.4) is 0 Å². The van der Waals surface area contributed by atoms with E-state index in [0.29, 0.717) is 30.5 Å². The number of anilines is 1. The Morgan fingerprint density at radius 1 is 1.11 bits per heavy atom. The molecule has 0 amide bonds. The molecule has 0 saturated carbocycles. The monoisotopic (exact) mass is 532 g/mol. The lowest BCUT2D eigenvalue weighted by atomic mass is 9.85. The molecule has 1 N–H and O–H groups in total. The first kappa shape index (κ1) is 26.4. The van der Waals surface area contributed by atoms with Gasteiger partial charge in [-0.15, -0.1) is 5.10 Å². The maximum absolute atomic E-state index is 13.1. The molecule has 3 aromatic rings. The van der Waals surface area contributed by atoms with Gasteiger partial charge in [0.25, 0.3) is 0 Å². The summed E-state index contributed by atoms with van der Waals surface area (Å²) < 4.78 is 13.8. The van der Waals surface area contributed by atoms with E-state index in [1.54, 1.807) is 18.9 Å². The van der Waals surface area contributed by atoms with Crippen LogP contribution in [0.4, 0.5) is 5.95 Å². The lowest BCUT2D eigenvalue weighted by Gasteiger charge is -2.32. The number of fused-ring (bicyclic) bond motifs is 1. The number of ketones is 1. The average molecular weight is 533 g/mol. The lowest BCUT2D eigenvalue weighted by Crippen LogP contribution is -2.31. The number of hydrogen-bond acceptors (Lipinski definition) is 7. The van der Waals surface area contributed by atoms with E-state index < -0.39 is 0 Å². The van der Waals surface area contributed by atoms with Gasteiger partial charge < -0.3 is 14.8 Å². The molecule has 1 aliphatic heterocycles. The molecule has 7 nitrogen and oxygen atoms in total. The van der Waals surface area contributed by atoms with Crippen LogP contribution in [-0.2, 0) is 16.8 Å². The number of nitrogens with zero attached hydrogens (tertiary/aromatic N) is 3. The van der Waals surface area contributed by atoms with E-state index in [2.05, 4.69) is 57.3 Å². The number of nitrogens with one attached hydrogen (secondary N) is 1. The molecule has 1 atom stereocenters. The zero-order chi connectivity index (χ0) is 26.9. The molecule has 2 aliphatic rings. The number of benzene rings is 2. The van der Waals surface area contributed by atoms with Crippen molar-refractivity contribution in [2.24, 2.45) is 0 Å². The number of aromatic nitrogens is 3. The number of Topliss-reactive ketones (excluding diaryl/α,β-unsaturated/α-hetero) is 1. The summed E-state index contributed by atoms with van der Waals surface area (Å²) in [6.45, 7) is 9.20. The minimum atomic E-state index is -0.356. The molecular weight excluding hydrogens is 496 g/mol. The SMILES string of the molecule is CCCSc1nc2n(n1)C(c1ccc(OCc3ccc(C(C)(C)C)cc3)c(OC)c1)C1=C(CCCC1=O)N2. The number of carbonyl (C=O) groups excluding carboxylic acids is 1. The summed E-state index contributed by atoms with van der Waals surface area (Å²) in [7, 11) is 1.64. The highest BCUT2D eigenvalue weighted by Gasteiger charge is 2.37. The standard InChI is InChI=1S/C30H36N4O3S/c1-6-16-38-29-32-28-31-22-8-7-9-23(35)26(22)27(34(28)33-29)20-12-15-24(25(17-20)36-5)37-18-19-10-13-21(14-11-19)30(2,3)4/h10-15,17,27H,6-9,16,18H2,1-5H3,(H,31,32,33). The molecular formula is C30H36N4O3S. The van der Waals surface area contributed by atoms with Gasteiger partial charge in [0.1, 0.15) is 12.6 Å². The third kappa shape index (κ3) is 5.32. The molecule has 200 valence electrons. The Morgan fingerprint density at radius 3 is 2.61 bits per heavy atom. The Hall–Kier alpha value is -3.26. The smallest absolute Gasteiger partial charge is 0.227 e. The Labute approximate surface area is 229 Å². The van der Waals surface area contributed by atoms with Gasteiger partial charge in [-0.25, -0.2) is 4.68 Å². The largest absolute Gasteiger partial charge is 0.493 e. The minimum Gasteiger partial charge on any atom is -0.493 e. The van der Waals surface area contributed by atoms with Crippen molar-refractivity contribution in [1.29, 1.82) is 0 Å². The van der Waals surface area contributed by atoms with Crippen molar-refractivity contribution in [2.45, 2.75) is 76.6 Å². The fraction of sp³-hybridized carbons (Fsp3) is 0.433. The van der Waals surface area contributed by atoms with E-state index in [1.807, 2.05) is 22.9 Å². The molecule has 1 aromatic heterocycles. The summed E-state index contributed by atoms with van der Waals surface area (Å²) >= 11 is 1.63. The normalized spacial score (nSPS) is 17.1. The second-order valence-corrected chi connectivity index (χ2v) is 11.9. The van der Waals surface area contributed by atoms with E-state index in [0.717, 1.165) is 52.6 Å². The van der Waals surface area contributed by atoms with Gasteiger partial charge in [-0.2, -0.15) is 4.98 Å². The van der Waals surface area contributed by atoms with E-state index in [4.69, 9.17) is 19.6 Å². The lowest BCUT2D eigenvalue weighted by molar-refractivity contribution is -0.116. The third-order valence-electron chi connectivity index (χ3n) is 7.00. The van der Waals surface area contributed by atoms with Gasteiger partial charge in [0.15, 0.2) is 17.3 Å². The molecule has 5 rings (SSSR count). The maximum atomic E-state index is 13.1. The topological polar surface area (TPSA) is 78.3 Å². The molecule has 0 bridgehead atoms. The number of ether oxygens (including phenoxy) is 2. The highest BCUT2D eigenvalue weighted by atomic mass is 32.2. The van der Waals surface area contributed by atoms with Crippen LogP contribution < -0.4 is 14.8 Å². The second kappa shape index (κ2) is 10.8. The quantitative estimate of drug-likeness (QED) is 0.324. The molecule has 2 heterocycles. The number of rotatable bonds is 8. The average Bonchev–Trinajstić information content (AvgIpc) is 3.31. The van der Waals surface area contributed by atoms with Gasteiger partial charge in [-0.05, 0) is 53.5 Å². The summed E-state index contributed by atoms with van der Waals surface area (Å²) in [5.41, 5.74) is 5.15. The number of methoxy groups -OCH3 is 1. The summed E-state index contributed by atoms with van der Waals surface area (Å²) in [4.78, 5) is 17.9. The Kier molecular flexibility index (Phi) is 7.52. The molecule has 0 radical (unpaired) electrons. The number of thioether (sulfide) groups is 1. The second-order valence-electron chi connectivity index (χ2n) is 10.9. The molecule has 0 spiro atoms. The minimum absolute atomic E-state index is 0.113. The molecule has 2 aromatic carbocycles. The fourth-order valence-electron chi connectivity index (χ4n) is 4.93. The number of allylic oxidation sites excluding steroid dienone is 2. The van der Waals surface area contributed by atoms with E-state index in [-0.39, 0.29) is 17.2 Å². The van der Waals surface area contributed by atoms with Crippen LogP contribution in [-0.4, -0.2) is 33.4 Å². The van der Waals surface area contributed by atoms with Crippen molar-refractivity contribution in [2.75, 3.05) is 18.2 Å². The molecule has 0 fully saturated rings. The zero-order valence-corrected chi connectivity index (χ0v) is 23.7. The van der Waals surface area contributed by atoms with Crippen LogP contribution in [0.1, 0.15) is 76.1 Å². The summed E-state index contributed by atoms with van der Waals surface area (Å²) in [5, 5.41) is 8.91. The van der Waals surface area contributed by atoms with Crippen molar-refractivity contribution in [1.82, 2.24) is 14.8 Å². The first-order valence-corrected chi connectivity index (χ1v) is 14.3. The Bertz CT molecular complexity index is 1350. The predicted octanol–water partition coefficient (Wildman–Crippen LogP) is 6.69. The number of hydrogen-bond donors (Lipinski definition) is 1. The van der Waals surface area contributed by atoms with Crippen molar-refractivity contribution < 1.29 is 14.3 Å².